The molecule has 1 aromatic rings. The largest absolute Gasteiger partial charge is 0.354 e. The minimum absolute atomic E-state index is 0.0288. The molecule has 0 unspecified atom stereocenters. The van der Waals surface area contributed by atoms with Crippen molar-refractivity contribution in [3.05, 3.63) is 17.5 Å². The van der Waals surface area contributed by atoms with Crippen LogP contribution in [0.5, 0.6) is 0 Å². The van der Waals surface area contributed by atoms with Gasteiger partial charge in [0.2, 0.25) is 5.91 Å². The molecular formula is C14H25N5O2. The smallest absolute Gasteiger partial charge is 0.255 e. The molecule has 0 bridgehead atoms. The molecule has 118 valence electrons. The number of carbonyl (C=O) groups is 2. The van der Waals surface area contributed by atoms with Crippen LogP contribution in [0.3, 0.4) is 0 Å². The second kappa shape index (κ2) is 8.41. The number of aryl methyl sites for hydroxylation is 1. The summed E-state index contributed by atoms with van der Waals surface area (Å²) in [6.07, 6.45) is 2.33. The molecule has 1 rings (SSSR count). The lowest BCUT2D eigenvalue weighted by Gasteiger charge is -2.08. The molecule has 7 heteroatoms. The number of aromatic nitrogens is 2. The van der Waals surface area contributed by atoms with Crippen LogP contribution in [0.1, 0.15) is 36.3 Å². The number of rotatable bonds is 8. The van der Waals surface area contributed by atoms with Gasteiger partial charge in [0.05, 0.1) is 18.3 Å². The summed E-state index contributed by atoms with van der Waals surface area (Å²) in [5.41, 5.74) is 6.73. The van der Waals surface area contributed by atoms with Crippen LogP contribution in [-0.2, 0) is 11.3 Å². The first-order valence-corrected chi connectivity index (χ1v) is 7.23. The molecule has 0 radical (unpaired) electrons. The summed E-state index contributed by atoms with van der Waals surface area (Å²) in [5, 5.41) is 9.51. The lowest BCUT2D eigenvalue weighted by Crippen LogP contribution is -2.38. The van der Waals surface area contributed by atoms with Crippen molar-refractivity contribution in [3.8, 4) is 0 Å². The number of nitrogens with one attached hydrogen (secondary N) is 2. The fraction of sp³-hybridized carbons (Fsp3) is 0.643. The van der Waals surface area contributed by atoms with Crippen molar-refractivity contribution >= 4 is 11.8 Å². The van der Waals surface area contributed by atoms with Crippen LogP contribution in [0.2, 0.25) is 0 Å². The number of amides is 2. The van der Waals surface area contributed by atoms with E-state index in [9.17, 15) is 9.59 Å². The van der Waals surface area contributed by atoms with Gasteiger partial charge in [-0.2, -0.15) is 5.10 Å². The molecule has 1 aromatic heterocycles. The van der Waals surface area contributed by atoms with E-state index in [2.05, 4.69) is 15.7 Å². The topological polar surface area (TPSA) is 102 Å². The standard InChI is InChI=1S/C14H25N5O2/c1-10(2)7-16-13(20)9-17-14(21)12-8-18-19(11(12)3)6-4-5-15/h8,10H,4-7,9,15H2,1-3H3,(H,16,20)(H,17,21). The van der Waals surface area contributed by atoms with Crippen LogP contribution < -0.4 is 16.4 Å². The molecule has 0 aromatic carbocycles. The van der Waals surface area contributed by atoms with E-state index >= 15 is 0 Å². The zero-order chi connectivity index (χ0) is 15.8. The Morgan fingerprint density at radius 2 is 2.10 bits per heavy atom. The molecule has 0 saturated heterocycles. The van der Waals surface area contributed by atoms with Crippen molar-refractivity contribution in [2.75, 3.05) is 19.6 Å². The SMILES string of the molecule is Cc1c(C(=O)NCC(=O)NCC(C)C)cnn1CCCN. The monoisotopic (exact) mass is 295 g/mol. The van der Waals surface area contributed by atoms with Crippen LogP contribution in [0, 0.1) is 12.8 Å². The minimum atomic E-state index is -0.286. The van der Waals surface area contributed by atoms with Gasteiger partial charge in [-0.3, -0.25) is 14.3 Å². The third-order valence-corrected chi connectivity index (χ3v) is 3.04. The molecule has 0 spiro atoms. The van der Waals surface area contributed by atoms with Gasteiger partial charge < -0.3 is 16.4 Å². The van der Waals surface area contributed by atoms with Crippen LogP contribution in [-0.4, -0.2) is 41.2 Å². The highest BCUT2D eigenvalue weighted by molar-refractivity contribution is 5.97. The number of carbonyl (C=O) groups excluding carboxylic acids is 2. The highest BCUT2D eigenvalue weighted by Crippen LogP contribution is 2.07. The average molecular weight is 295 g/mol. The third kappa shape index (κ3) is 5.55. The molecule has 0 saturated carbocycles. The first kappa shape index (κ1) is 17.2. The van der Waals surface area contributed by atoms with E-state index in [0.717, 1.165) is 12.1 Å². The summed E-state index contributed by atoms with van der Waals surface area (Å²) in [4.78, 5) is 23.6. The predicted molar refractivity (Wildman–Crippen MR) is 80.8 cm³/mol. The molecule has 0 fully saturated rings. The van der Waals surface area contributed by atoms with E-state index in [1.165, 1.54) is 6.20 Å². The summed E-state index contributed by atoms with van der Waals surface area (Å²) in [7, 11) is 0. The Hall–Kier alpha value is -1.89. The number of nitrogens with zero attached hydrogens (tertiary/aromatic N) is 2. The number of nitrogens with two attached hydrogens (primary N) is 1. The van der Waals surface area contributed by atoms with Crippen LogP contribution in [0.25, 0.3) is 0 Å². The van der Waals surface area contributed by atoms with Gasteiger partial charge in [0.15, 0.2) is 0 Å². The van der Waals surface area contributed by atoms with Gasteiger partial charge in [0.1, 0.15) is 0 Å². The zero-order valence-electron chi connectivity index (χ0n) is 13.0. The normalized spacial score (nSPS) is 10.7. The lowest BCUT2D eigenvalue weighted by atomic mass is 10.2. The Kier molecular flexibility index (Phi) is 6.87. The van der Waals surface area contributed by atoms with Crippen molar-refractivity contribution in [2.45, 2.75) is 33.7 Å². The summed E-state index contributed by atoms with van der Waals surface area (Å²) >= 11 is 0. The third-order valence-electron chi connectivity index (χ3n) is 3.04. The summed E-state index contributed by atoms with van der Waals surface area (Å²) in [6.45, 7) is 7.69. The van der Waals surface area contributed by atoms with Gasteiger partial charge in [-0.15, -0.1) is 0 Å². The van der Waals surface area contributed by atoms with Gasteiger partial charge >= 0.3 is 0 Å². The van der Waals surface area contributed by atoms with Gasteiger partial charge in [-0.1, -0.05) is 13.8 Å². The van der Waals surface area contributed by atoms with E-state index in [1.807, 2.05) is 20.8 Å². The number of hydrogen-bond donors (Lipinski definition) is 3. The molecule has 0 atom stereocenters. The molecule has 1 heterocycles. The maximum atomic E-state index is 12.0. The molecular weight excluding hydrogens is 270 g/mol. The van der Waals surface area contributed by atoms with Gasteiger partial charge in [-0.05, 0) is 25.8 Å². The van der Waals surface area contributed by atoms with E-state index in [0.29, 0.717) is 31.1 Å². The molecule has 0 aliphatic rings. The van der Waals surface area contributed by atoms with E-state index in [4.69, 9.17) is 5.73 Å². The van der Waals surface area contributed by atoms with Gasteiger partial charge in [0.25, 0.3) is 5.91 Å². The van der Waals surface area contributed by atoms with Crippen molar-refractivity contribution in [1.29, 1.82) is 0 Å². The summed E-state index contributed by atoms with van der Waals surface area (Å²) < 4.78 is 1.75. The van der Waals surface area contributed by atoms with Crippen LogP contribution in [0.4, 0.5) is 0 Å². The molecule has 4 N–H and O–H groups in total. The fourth-order valence-corrected chi connectivity index (χ4v) is 1.77. The molecule has 7 nitrogen and oxygen atoms in total. The summed E-state index contributed by atoms with van der Waals surface area (Å²) in [5.74, 6) is -0.0934. The maximum absolute atomic E-state index is 12.0. The Morgan fingerprint density at radius 3 is 2.71 bits per heavy atom. The molecule has 21 heavy (non-hydrogen) atoms. The lowest BCUT2D eigenvalue weighted by molar-refractivity contribution is -0.120. The van der Waals surface area contributed by atoms with Crippen molar-refractivity contribution < 1.29 is 9.59 Å². The number of hydrogen-bond acceptors (Lipinski definition) is 4. The zero-order valence-corrected chi connectivity index (χ0v) is 13.0. The van der Waals surface area contributed by atoms with Crippen molar-refractivity contribution in [2.24, 2.45) is 11.7 Å². The minimum Gasteiger partial charge on any atom is -0.354 e. The Bertz CT molecular complexity index is 482. The van der Waals surface area contributed by atoms with Gasteiger partial charge in [-0.25, -0.2) is 0 Å². The second-order valence-electron chi connectivity index (χ2n) is 5.39. The van der Waals surface area contributed by atoms with E-state index in [-0.39, 0.29) is 18.4 Å². The molecule has 0 aliphatic heterocycles. The van der Waals surface area contributed by atoms with Gasteiger partial charge in [0, 0.05) is 18.8 Å². The second-order valence-corrected chi connectivity index (χ2v) is 5.39. The summed E-state index contributed by atoms with van der Waals surface area (Å²) in [6, 6.07) is 0. The average Bonchev–Trinajstić information content (AvgIpc) is 2.81. The Morgan fingerprint density at radius 1 is 1.38 bits per heavy atom. The van der Waals surface area contributed by atoms with Crippen LogP contribution in [0.15, 0.2) is 6.20 Å². The fourth-order valence-electron chi connectivity index (χ4n) is 1.77. The highest BCUT2D eigenvalue weighted by Gasteiger charge is 2.14. The van der Waals surface area contributed by atoms with Crippen LogP contribution >= 0.6 is 0 Å². The van der Waals surface area contributed by atoms with Crippen molar-refractivity contribution in [1.82, 2.24) is 20.4 Å². The molecule has 0 aliphatic carbocycles. The first-order chi connectivity index (χ1) is 9.95. The van der Waals surface area contributed by atoms with Crippen molar-refractivity contribution in [3.63, 3.8) is 0 Å². The highest BCUT2D eigenvalue weighted by atomic mass is 16.2. The Balaban J connectivity index is 2.48. The predicted octanol–water partition coefficient (Wildman–Crippen LogP) is 0.0423. The molecule has 2 amide bonds. The Labute approximate surface area is 125 Å². The maximum Gasteiger partial charge on any atom is 0.255 e. The van der Waals surface area contributed by atoms with E-state index in [1.54, 1.807) is 4.68 Å². The van der Waals surface area contributed by atoms with E-state index < -0.39 is 0 Å². The quantitative estimate of drug-likeness (QED) is 0.630. The first-order valence-electron chi connectivity index (χ1n) is 7.23.